The fraction of sp³-hybridized carbons (Fsp3) is 0.304. The minimum atomic E-state index is -0.475. The number of amides is 1. The number of benzene rings is 2. The molecule has 1 amide bonds. The van der Waals surface area contributed by atoms with Gasteiger partial charge in [0, 0.05) is 25.2 Å². The van der Waals surface area contributed by atoms with Crippen molar-refractivity contribution in [2.24, 2.45) is 5.92 Å². The van der Waals surface area contributed by atoms with Crippen molar-refractivity contribution in [3.8, 4) is 5.69 Å². The standard InChI is InChI=1S/C23H22F2N6O2/c1-14-3-2-10-30(20(14)13-26-23-29-18-11-15(24)5-7-21(18)33-23)22(32)17-6-4-16(25)12-19(17)31-27-8-9-28-31/h4-9,11-12,14,20H,2-3,10,13H2,1H3,(H,26,29)/t14-,20-/m1/s1. The zero-order valence-corrected chi connectivity index (χ0v) is 17.9. The van der Waals surface area contributed by atoms with Gasteiger partial charge in [-0.1, -0.05) is 6.92 Å². The molecule has 0 bridgehead atoms. The van der Waals surface area contributed by atoms with Crippen LogP contribution in [-0.4, -0.2) is 49.9 Å². The van der Waals surface area contributed by atoms with Crippen LogP contribution >= 0.6 is 0 Å². The van der Waals surface area contributed by atoms with E-state index < -0.39 is 5.82 Å². The van der Waals surface area contributed by atoms with Crippen molar-refractivity contribution in [2.75, 3.05) is 18.4 Å². The average Bonchev–Trinajstić information content (AvgIpc) is 3.47. The second-order valence-electron chi connectivity index (χ2n) is 8.18. The van der Waals surface area contributed by atoms with Gasteiger partial charge in [0.05, 0.1) is 24.0 Å². The maximum absolute atomic E-state index is 14.0. The number of nitrogens with one attached hydrogen (secondary N) is 1. The van der Waals surface area contributed by atoms with E-state index in [0.717, 1.165) is 12.8 Å². The van der Waals surface area contributed by atoms with E-state index in [1.165, 1.54) is 53.6 Å². The summed E-state index contributed by atoms with van der Waals surface area (Å²) in [6.07, 6.45) is 4.77. The highest BCUT2D eigenvalue weighted by molar-refractivity contribution is 5.98. The zero-order chi connectivity index (χ0) is 22.9. The van der Waals surface area contributed by atoms with Crippen LogP contribution in [0.1, 0.15) is 30.1 Å². The Labute approximate surface area is 188 Å². The van der Waals surface area contributed by atoms with E-state index in [4.69, 9.17) is 4.42 Å². The van der Waals surface area contributed by atoms with E-state index in [2.05, 4.69) is 27.4 Å². The Balaban J connectivity index is 1.40. The topological polar surface area (TPSA) is 89.1 Å². The monoisotopic (exact) mass is 452 g/mol. The summed E-state index contributed by atoms with van der Waals surface area (Å²) in [5.74, 6) is -0.873. The first-order valence-electron chi connectivity index (χ1n) is 10.8. The second-order valence-corrected chi connectivity index (χ2v) is 8.18. The molecular formula is C23H22F2N6O2. The molecule has 0 aliphatic carbocycles. The number of carbonyl (C=O) groups is 1. The van der Waals surface area contributed by atoms with E-state index in [0.29, 0.717) is 29.8 Å². The van der Waals surface area contributed by atoms with Crippen molar-refractivity contribution in [1.82, 2.24) is 24.9 Å². The Bertz CT molecular complexity index is 1290. The van der Waals surface area contributed by atoms with Crippen LogP contribution < -0.4 is 5.32 Å². The van der Waals surface area contributed by atoms with Crippen molar-refractivity contribution in [1.29, 1.82) is 0 Å². The number of oxazole rings is 1. The Morgan fingerprint density at radius 2 is 1.91 bits per heavy atom. The largest absolute Gasteiger partial charge is 0.424 e. The van der Waals surface area contributed by atoms with Crippen LogP contribution in [0.25, 0.3) is 16.8 Å². The van der Waals surface area contributed by atoms with E-state index >= 15 is 0 Å². The van der Waals surface area contributed by atoms with E-state index in [9.17, 15) is 13.6 Å². The number of halogens is 2. The SMILES string of the molecule is C[C@@H]1CCCN(C(=O)c2ccc(F)cc2-n2nccn2)[C@@H]1CNc1nc2cc(F)ccc2o1. The van der Waals surface area contributed by atoms with Crippen molar-refractivity contribution in [2.45, 2.75) is 25.8 Å². The summed E-state index contributed by atoms with van der Waals surface area (Å²) in [4.78, 5) is 20.9. The summed E-state index contributed by atoms with van der Waals surface area (Å²) in [6.45, 7) is 3.06. The number of fused-ring (bicyclic) bond motifs is 1. The third-order valence-corrected chi connectivity index (χ3v) is 6.01. The molecule has 10 heteroatoms. The first kappa shape index (κ1) is 21.0. The summed E-state index contributed by atoms with van der Waals surface area (Å²) < 4.78 is 33.1. The van der Waals surface area contributed by atoms with Crippen molar-refractivity contribution >= 4 is 23.0 Å². The molecule has 1 fully saturated rings. The van der Waals surface area contributed by atoms with Crippen molar-refractivity contribution in [3.63, 3.8) is 0 Å². The number of rotatable bonds is 5. The quantitative estimate of drug-likeness (QED) is 0.492. The molecule has 2 aromatic heterocycles. The van der Waals surface area contributed by atoms with Gasteiger partial charge in [-0.15, -0.1) is 0 Å². The molecule has 0 unspecified atom stereocenters. The summed E-state index contributed by atoms with van der Waals surface area (Å²) in [5.41, 5.74) is 1.51. The Kier molecular flexibility index (Phi) is 5.49. The summed E-state index contributed by atoms with van der Waals surface area (Å²) >= 11 is 0. The minimum Gasteiger partial charge on any atom is -0.424 e. The molecule has 0 spiro atoms. The normalized spacial score (nSPS) is 18.6. The first-order chi connectivity index (χ1) is 16.0. The first-order valence-corrected chi connectivity index (χ1v) is 10.8. The van der Waals surface area contributed by atoms with Crippen molar-refractivity contribution < 1.29 is 18.0 Å². The van der Waals surface area contributed by atoms with Crippen LogP contribution in [-0.2, 0) is 0 Å². The van der Waals surface area contributed by atoms with Crippen LogP contribution in [0.2, 0.25) is 0 Å². The molecule has 2 atom stereocenters. The number of carbonyl (C=O) groups excluding carboxylic acids is 1. The fourth-order valence-electron chi connectivity index (χ4n) is 4.33. The molecule has 0 radical (unpaired) electrons. The van der Waals surface area contributed by atoms with Gasteiger partial charge in [-0.05, 0) is 43.0 Å². The second kappa shape index (κ2) is 8.61. The smallest absolute Gasteiger partial charge is 0.295 e. The predicted molar refractivity (Wildman–Crippen MR) is 117 cm³/mol. The highest BCUT2D eigenvalue weighted by Gasteiger charge is 2.34. The summed E-state index contributed by atoms with van der Waals surface area (Å²) in [7, 11) is 0. The molecular weight excluding hydrogens is 430 g/mol. The maximum atomic E-state index is 14.0. The molecule has 3 heterocycles. The molecule has 1 aliphatic heterocycles. The van der Waals surface area contributed by atoms with Crippen LogP contribution in [0.15, 0.2) is 53.2 Å². The number of aromatic nitrogens is 4. The van der Waals surface area contributed by atoms with Crippen LogP contribution in [0.3, 0.4) is 0 Å². The lowest BCUT2D eigenvalue weighted by atomic mass is 9.90. The fourth-order valence-corrected chi connectivity index (χ4v) is 4.33. The maximum Gasteiger partial charge on any atom is 0.295 e. The molecule has 8 nitrogen and oxygen atoms in total. The molecule has 4 aromatic rings. The summed E-state index contributed by atoms with van der Waals surface area (Å²) in [5, 5.41) is 11.3. The van der Waals surface area contributed by atoms with Gasteiger partial charge in [-0.25, -0.2) is 8.78 Å². The lowest BCUT2D eigenvalue weighted by Crippen LogP contribution is -2.51. The van der Waals surface area contributed by atoms with Gasteiger partial charge in [-0.2, -0.15) is 20.0 Å². The average molecular weight is 452 g/mol. The molecule has 170 valence electrons. The van der Waals surface area contributed by atoms with Gasteiger partial charge in [-0.3, -0.25) is 4.79 Å². The third-order valence-electron chi connectivity index (χ3n) is 6.01. The lowest BCUT2D eigenvalue weighted by Gasteiger charge is -2.40. The van der Waals surface area contributed by atoms with Crippen LogP contribution in [0.4, 0.5) is 14.8 Å². The number of piperidine rings is 1. The Hall–Kier alpha value is -3.82. The molecule has 33 heavy (non-hydrogen) atoms. The van der Waals surface area contributed by atoms with Gasteiger partial charge in [0.25, 0.3) is 11.9 Å². The van der Waals surface area contributed by atoms with Gasteiger partial charge < -0.3 is 14.6 Å². The van der Waals surface area contributed by atoms with Gasteiger partial charge in [0.1, 0.15) is 22.8 Å². The van der Waals surface area contributed by atoms with E-state index in [-0.39, 0.29) is 35.4 Å². The van der Waals surface area contributed by atoms with Crippen molar-refractivity contribution in [3.05, 3.63) is 66.0 Å². The Morgan fingerprint density at radius 3 is 2.73 bits per heavy atom. The van der Waals surface area contributed by atoms with Crippen LogP contribution in [0.5, 0.6) is 0 Å². The summed E-state index contributed by atoms with van der Waals surface area (Å²) in [6, 6.07) is 8.25. The highest BCUT2D eigenvalue weighted by atomic mass is 19.1. The molecule has 1 saturated heterocycles. The minimum absolute atomic E-state index is 0.151. The number of hydrogen-bond acceptors (Lipinski definition) is 6. The van der Waals surface area contributed by atoms with Gasteiger partial charge in [0.15, 0.2) is 5.58 Å². The van der Waals surface area contributed by atoms with E-state index in [1.807, 2.05) is 0 Å². The number of nitrogens with zero attached hydrogens (tertiary/aromatic N) is 5. The molecule has 1 aliphatic rings. The highest BCUT2D eigenvalue weighted by Crippen LogP contribution is 2.28. The van der Waals surface area contributed by atoms with E-state index in [1.54, 1.807) is 4.90 Å². The predicted octanol–water partition coefficient (Wildman–Crippen LogP) is 4.04. The van der Waals surface area contributed by atoms with Crippen LogP contribution in [0, 0.1) is 17.6 Å². The lowest BCUT2D eigenvalue weighted by molar-refractivity contribution is 0.0539. The molecule has 2 aromatic carbocycles. The van der Waals surface area contributed by atoms with Gasteiger partial charge >= 0.3 is 0 Å². The number of anilines is 1. The van der Waals surface area contributed by atoms with Gasteiger partial charge in [0.2, 0.25) is 0 Å². The molecule has 5 rings (SSSR count). The zero-order valence-electron chi connectivity index (χ0n) is 17.9. The third kappa shape index (κ3) is 4.15. The Morgan fingerprint density at radius 1 is 1.15 bits per heavy atom. The molecule has 0 saturated carbocycles. The number of likely N-dealkylation sites (tertiary alicyclic amines) is 1. The molecule has 1 N–H and O–H groups in total. The number of hydrogen-bond donors (Lipinski definition) is 1.